The summed E-state index contributed by atoms with van der Waals surface area (Å²) in [6.45, 7) is 21.7. The molecule has 0 N–H and O–H groups in total. The summed E-state index contributed by atoms with van der Waals surface area (Å²) in [6, 6.07) is 0. The second-order valence-electron chi connectivity index (χ2n) is 9.56. The SMILES string of the molecule is CCOC(CN1CC[N+]2(CCCC2)CC1)CN1CC[N+]2(CCCC2)CC1. The maximum Gasteiger partial charge on any atom is 0.0916 e. The molecule has 0 amide bonds. The molecule has 4 fully saturated rings. The smallest absolute Gasteiger partial charge is 0.0916 e. The Labute approximate surface area is 161 Å². The zero-order chi connectivity index (χ0) is 17.9. The molecule has 4 rings (SSSR count). The van der Waals surface area contributed by atoms with E-state index in [0.717, 1.165) is 19.7 Å². The fraction of sp³-hybridized carbons (Fsp3) is 1.00. The van der Waals surface area contributed by atoms with E-state index in [9.17, 15) is 0 Å². The Kier molecular flexibility index (Phi) is 6.21. The lowest BCUT2D eigenvalue weighted by atomic mass is 10.2. The van der Waals surface area contributed by atoms with Gasteiger partial charge in [-0.15, -0.1) is 0 Å². The van der Waals surface area contributed by atoms with Gasteiger partial charge in [0.2, 0.25) is 0 Å². The predicted octanol–water partition coefficient (Wildman–Crippen LogP) is 1.24. The number of rotatable bonds is 6. The number of hydrogen-bond donors (Lipinski definition) is 0. The first-order valence-corrected chi connectivity index (χ1v) is 11.5. The first kappa shape index (κ1) is 19.1. The van der Waals surface area contributed by atoms with Gasteiger partial charge in [0.25, 0.3) is 0 Å². The van der Waals surface area contributed by atoms with Crippen molar-refractivity contribution in [3.05, 3.63) is 0 Å². The summed E-state index contributed by atoms with van der Waals surface area (Å²) >= 11 is 0. The van der Waals surface area contributed by atoms with Gasteiger partial charge in [-0.05, 0) is 6.92 Å². The molecular weight excluding hydrogens is 324 g/mol. The molecule has 5 nitrogen and oxygen atoms in total. The second-order valence-corrected chi connectivity index (χ2v) is 9.56. The third-order valence-electron chi connectivity index (χ3n) is 7.92. The predicted molar refractivity (Wildman–Crippen MR) is 106 cm³/mol. The molecular formula is C21H42N4O+2. The summed E-state index contributed by atoms with van der Waals surface area (Å²) in [7, 11) is 0. The van der Waals surface area contributed by atoms with E-state index in [1.807, 2.05) is 0 Å². The van der Waals surface area contributed by atoms with E-state index in [-0.39, 0.29) is 0 Å². The molecule has 0 unspecified atom stereocenters. The number of ether oxygens (including phenoxy) is 1. The molecule has 0 aromatic carbocycles. The zero-order valence-electron chi connectivity index (χ0n) is 17.2. The monoisotopic (exact) mass is 366 g/mol. The van der Waals surface area contributed by atoms with Gasteiger partial charge >= 0.3 is 0 Å². The summed E-state index contributed by atoms with van der Waals surface area (Å²) in [5.74, 6) is 0. The van der Waals surface area contributed by atoms with E-state index in [2.05, 4.69) is 16.7 Å². The lowest BCUT2D eigenvalue weighted by molar-refractivity contribution is -0.920. The van der Waals surface area contributed by atoms with Gasteiger partial charge < -0.3 is 13.7 Å². The third kappa shape index (κ3) is 4.44. The van der Waals surface area contributed by atoms with Gasteiger partial charge in [0.1, 0.15) is 0 Å². The summed E-state index contributed by atoms with van der Waals surface area (Å²) in [4.78, 5) is 5.39. The van der Waals surface area contributed by atoms with Crippen LogP contribution in [-0.4, -0.2) is 123 Å². The van der Waals surface area contributed by atoms with Crippen LogP contribution < -0.4 is 0 Å². The van der Waals surface area contributed by atoms with Crippen LogP contribution >= 0.6 is 0 Å². The molecule has 150 valence electrons. The highest BCUT2D eigenvalue weighted by atomic mass is 16.5. The molecule has 0 saturated carbocycles. The van der Waals surface area contributed by atoms with Crippen molar-refractivity contribution in [2.45, 2.75) is 38.7 Å². The van der Waals surface area contributed by atoms with E-state index < -0.39 is 0 Å². The first-order chi connectivity index (χ1) is 12.7. The van der Waals surface area contributed by atoms with Gasteiger partial charge in [0.05, 0.1) is 58.5 Å². The summed E-state index contributed by atoms with van der Waals surface area (Å²) in [5.41, 5.74) is 0. The fourth-order valence-corrected chi connectivity index (χ4v) is 6.11. The molecule has 0 bridgehead atoms. The van der Waals surface area contributed by atoms with Crippen LogP contribution in [0.4, 0.5) is 0 Å². The van der Waals surface area contributed by atoms with Crippen LogP contribution in [0.25, 0.3) is 0 Å². The third-order valence-corrected chi connectivity index (χ3v) is 7.92. The van der Waals surface area contributed by atoms with Gasteiger partial charge in [-0.25, -0.2) is 0 Å². The lowest BCUT2D eigenvalue weighted by Crippen LogP contribution is -2.60. The van der Waals surface area contributed by atoms with Gasteiger partial charge in [0, 0.05) is 71.6 Å². The molecule has 4 aliphatic rings. The van der Waals surface area contributed by atoms with Crippen LogP contribution in [0.3, 0.4) is 0 Å². The normalized spacial score (nSPS) is 29.3. The van der Waals surface area contributed by atoms with E-state index in [4.69, 9.17) is 4.74 Å². The maximum absolute atomic E-state index is 6.19. The largest absolute Gasteiger partial charge is 0.376 e. The van der Waals surface area contributed by atoms with E-state index in [1.165, 1.54) is 113 Å². The van der Waals surface area contributed by atoms with Crippen molar-refractivity contribution >= 4 is 0 Å². The molecule has 4 aliphatic heterocycles. The molecule has 4 saturated heterocycles. The minimum absolute atomic E-state index is 0.398. The van der Waals surface area contributed by atoms with Crippen molar-refractivity contribution in [3.8, 4) is 0 Å². The Morgan fingerprint density at radius 1 is 0.654 bits per heavy atom. The van der Waals surface area contributed by atoms with E-state index in [1.54, 1.807) is 0 Å². The number of quaternary nitrogens is 2. The Balaban J connectivity index is 1.23. The summed E-state index contributed by atoms with van der Waals surface area (Å²) in [6.07, 6.45) is 6.22. The second kappa shape index (κ2) is 8.44. The highest BCUT2D eigenvalue weighted by molar-refractivity contribution is 4.76. The molecule has 4 heterocycles. The summed E-state index contributed by atoms with van der Waals surface area (Å²) < 4.78 is 9.03. The average Bonchev–Trinajstić information content (AvgIpc) is 3.30. The molecule has 0 atom stereocenters. The van der Waals surface area contributed by atoms with Crippen molar-refractivity contribution in [2.75, 3.05) is 98.2 Å². The van der Waals surface area contributed by atoms with Crippen molar-refractivity contribution in [3.63, 3.8) is 0 Å². The average molecular weight is 367 g/mol. The van der Waals surface area contributed by atoms with Crippen molar-refractivity contribution in [1.29, 1.82) is 0 Å². The molecule has 0 aromatic heterocycles. The van der Waals surface area contributed by atoms with Crippen molar-refractivity contribution in [1.82, 2.24) is 9.80 Å². The topological polar surface area (TPSA) is 15.7 Å². The molecule has 0 aliphatic carbocycles. The van der Waals surface area contributed by atoms with Crippen LogP contribution in [0.15, 0.2) is 0 Å². The van der Waals surface area contributed by atoms with Gasteiger partial charge in [-0.2, -0.15) is 0 Å². The Morgan fingerprint density at radius 3 is 1.38 bits per heavy atom. The fourth-order valence-electron chi connectivity index (χ4n) is 6.11. The Bertz CT molecular complexity index is 387. The zero-order valence-corrected chi connectivity index (χ0v) is 17.2. The Morgan fingerprint density at radius 2 is 1.04 bits per heavy atom. The summed E-state index contributed by atoms with van der Waals surface area (Å²) in [5, 5.41) is 0. The van der Waals surface area contributed by atoms with Gasteiger partial charge in [-0.3, -0.25) is 9.80 Å². The van der Waals surface area contributed by atoms with Crippen LogP contribution in [0.2, 0.25) is 0 Å². The van der Waals surface area contributed by atoms with Crippen LogP contribution in [0.5, 0.6) is 0 Å². The van der Waals surface area contributed by atoms with Crippen molar-refractivity contribution in [2.24, 2.45) is 0 Å². The van der Waals surface area contributed by atoms with Crippen LogP contribution in [0, 0.1) is 0 Å². The van der Waals surface area contributed by atoms with Gasteiger partial charge in [-0.1, -0.05) is 0 Å². The van der Waals surface area contributed by atoms with Crippen molar-refractivity contribution < 1.29 is 13.7 Å². The number of piperazine rings is 2. The maximum atomic E-state index is 6.19. The standard InChI is InChI=1S/C21H42N4O/c1-2-26-21(19-22-7-15-24(16-8-22)11-3-4-12-24)20-23-9-17-25(18-10-23)13-5-6-14-25/h21H,2-20H2,1H3/q+2. The van der Waals surface area contributed by atoms with Gasteiger partial charge in [0.15, 0.2) is 0 Å². The first-order valence-electron chi connectivity index (χ1n) is 11.5. The highest BCUT2D eigenvalue weighted by Crippen LogP contribution is 2.24. The Hall–Kier alpha value is -0.200. The van der Waals surface area contributed by atoms with Crippen LogP contribution in [-0.2, 0) is 4.74 Å². The van der Waals surface area contributed by atoms with E-state index in [0.29, 0.717) is 6.10 Å². The highest BCUT2D eigenvalue weighted by Gasteiger charge is 2.38. The molecule has 0 radical (unpaired) electrons. The quantitative estimate of drug-likeness (QED) is 0.658. The van der Waals surface area contributed by atoms with E-state index >= 15 is 0 Å². The minimum Gasteiger partial charge on any atom is -0.376 e. The molecule has 2 spiro atoms. The lowest BCUT2D eigenvalue weighted by Gasteiger charge is -2.44. The molecule has 5 heteroatoms. The number of hydrogen-bond acceptors (Lipinski definition) is 3. The van der Waals surface area contributed by atoms with Crippen LogP contribution in [0.1, 0.15) is 32.6 Å². The molecule has 26 heavy (non-hydrogen) atoms. The minimum atomic E-state index is 0.398. The molecule has 0 aromatic rings. The number of nitrogens with zero attached hydrogens (tertiary/aromatic N) is 4.